The number of halogens is 3. The Hall–Kier alpha value is -1.56. The Morgan fingerprint density at radius 1 is 1.33 bits per heavy atom. The van der Waals surface area contributed by atoms with E-state index >= 15 is 0 Å². The zero-order valence-electron chi connectivity index (χ0n) is 14.2. The molecule has 1 aromatic carbocycles. The van der Waals surface area contributed by atoms with E-state index in [9.17, 15) is 18.0 Å². The van der Waals surface area contributed by atoms with Crippen molar-refractivity contribution in [3.63, 3.8) is 0 Å². The highest BCUT2D eigenvalue weighted by Gasteiger charge is 2.31. The molecule has 0 bridgehead atoms. The molecule has 3 nitrogen and oxygen atoms in total. The molecule has 134 valence electrons. The van der Waals surface area contributed by atoms with Gasteiger partial charge in [0, 0.05) is 19.0 Å². The van der Waals surface area contributed by atoms with Crippen molar-refractivity contribution in [1.29, 1.82) is 0 Å². The molecule has 0 aromatic heterocycles. The molecule has 1 aliphatic rings. The fourth-order valence-electron chi connectivity index (χ4n) is 3.27. The second-order valence-electron chi connectivity index (χ2n) is 6.63. The van der Waals surface area contributed by atoms with Gasteiger partial charge in [0.05, 0.1) is 5.56 Å². The monoisotopic (exact) mass is 342 g/mol. The summed E-state index contributed by atoms with van der Waals surface area (Å²) >= 11 is 0. The van der Waals surface area contributed by atoms with Gasteiger partial charge in [-0.3, -0.25) is 4.79 Å². The smallest absolute Gasteiger partial charge is 0.342 e. The van der Waals surface area contributed by atoms with Crippen LogP contribution < -0.4 is 5.32 Å². The number of nitrogens with zero attached hydrogens (tertiary/aromatic N) is 1. The van der Waals surface area contributed by atoms with Gasteiger partial charge in [0.25, 0.3) is 0 Å². The number of carbonyl (C=O) groups is 1. The quantitative estimate of drug-likeness (QED) is 0.890. The van der Waals surface area contributed by atoms with Crippen LogP contribution in [0.4, 0.5) is 13.2 Å². The number of hydrogen-bond donors (Lipinski definition) is 1. The highest BCUT2D eigenvalue weighted by molar-refractivity contribution is 5.78. The molecule has 0 aliphatic carbocycles. The predicted molar refractivity (Wildman–Crippen MR) is 87.5 cm³/mol. The van der Waals surface area contributed by atoms with E-state index in [2.05, 4.69) is 5.32 Å². The zero-order chi connectivity index (χ0) is 17.7. The van der Waals surface area contributed by atoms with Crippen LogP contribution in [-0.2, 0) is 17.4 Å². The van der Waals surface area contributed by atoms with Crippen molar-refractivity contribution in [1.82, 2.24) is 10.2 Å². The molecular formula is C18H25F3N2O. The molecule has 0 spiro atoms. The first kappa shape index (κ1) is 18.8. The van der Waals surface area contributed by atoms with Crippen LogP contribution in [-0.4, -0.2) is 37.5 Å². The number of carbonyl (C=O) groups excluding carboxylic acids is 1. The maximum Gasteiger partial charge on any atom is 0.416 e. The van der Waals surface area contributed by atoms with Gasteiger partial charge in [-0.1, -0.05) is 25.1 Å². The molecule has 0 saturated carbocycles. The van der Waals surface area contributed by atoms with Gasteiger partial charge in [-0.05, 0) is 50.4 Å². The van der Waals surface area contributed by atoms with Crippen LogP contribution in [0.3, 0.4) is 0 Å². The summed E-state index contributed by atoms with van der Waals surface area (Å²) in [7, 11) is 1.93. The molecule has 1 N–H and O–H groups in total. The summed E-state index contributed by atoms with van der Waals surface area (Å²) in [6.45, 7) is 4.22. The Labute approximate surface area is 141 Å². The van der Waals surface area contributed by atoms with Crippen LogP contribution in [0.15, 0.2) is 24.3 Å². The number of nitrogens with one attached hydrogen (secondary N) is 1. The third-order valence-corrected chi connectivity index (χ3v) is 4.64. The molecule has 6 heteroatoms. The summed E-state index contributed by atoms with van der Waals surface area (Å²) in [5, 5.41) is 3.16. The fraction of sp³-hybridized carbons (Fsp3) is 0.611. The van der Waals surface area contributed by atoms with Crippen molar-refractivity contribution < 1.29 is 18.0 Å². The third-order valence-electron chi connectivity index (χ3n) is 4.64. The van der Waals surface area contributed by atoms with Gasteiger partial charge in [0.2, 0.25) is 5.91 Å². The minimum absolute atomic E-state index is 0.0373. The Bertz CT molecular complexity index is 551. The summed E-state index contributed by atoms with van der Waals surface area (Å²) in [6.07, 6.45) is -2.07. The first-order chi connectivity index (χ1) is 11.3. The number of amides is 1. The van der Waals surface area contributed by atoms with Crippen molar-refractivity contribution in [2.45, 2.75) is 32.4 Å². The van der Waals surface area contributed by atoms with Crippen LogP contribution in [0.2, 0.25) is 0 Å². The molecule has 2 rings (SSSR count). The number of likely N-dealkylation sites (tertiary alicyclic amines) is 1. The van der Waals surface area contributed by atoms with Crippen LogP contribution in [0.25, 0.3) is 0 Å². The van der Waals surface area contributed by atoms with E-state index in [0.717, 1.165) is 44.6 Å². The summed E-state index contributed by atoms with van der Waals surface area (Å²) < 4.78 is 38.3. The highest BCUT2D eigenvalue weighted by atomic mass is 19.4. The van der Waals surface area contributed by atoms with Crippen molar-refractivity contribution in [2.75, 3.05) is 26.7 Å². The van der Waals surface area contributed by atoms with Crippen molar-refractivity contribution in [3.05, 3.63) is 35.4 Å². The lowest BCUT2D eigenvalue weighted by Gasteiger charge is -2.33. The topological polar surface area (TPSA) is 32.3 Å². The predicted octanol–water partition coefficient (Wildman–Crippen LogP) is 3.34. The minimum Gasteiger partial charge on any atom is -0.342 e. The van der Waals surface area contributed by atoms with E-state index in [-0.39, 0.29) is 11.8 Å². The fourth-order valence-corrected chi connectivity index (χ4v) is 3.27. The van der Waals surface area contributed by atoms with Gasteiger partial charge in [-0.15, -0.1) is 0 Å². The lowest BCUT2D eigenvalue weighted by atomic mass is 9.94. The SMILES string of the molecule is CNCC1CCN(C(=O)C(C)Cc2cccc(C(F)(F)F)c2)CC1. The number of piperidine rings is 1. The molecule has 1 amide bonds. The summed E-state index contributed by atoms with van der Waals surface area (Å²) in [5.41, 5.74) is -0.108. The minimum atomic E-state index is -4.35. The van der Waals surface area contributed by atoms with E-state index in [1.807, 2.05) is 11.9 Å². The molecule has 1 saturated heterocycles. The lowest BCUT2D eigenvalue weighted by molar-refractivity contribution is -0.137. The summed E-state index contributed by atoms with van der Waals surface area (Å²) in [4.78, 5) is 14.4. The van der Waals surface area contributed by atoms with Gasteiger partial charge in [0.1, 0.15) is 0 Å². The first-order valence-corrected chi connectivity index (χ1v) is 8.40. The summed E-state index contributed by atoms with van der Waals surface area (Å²) in [6, 6.07) is 5.25. The van der Waals surface area contributed by atoms with E-state index in [4.69, 9.17) is 0 Å². The van der Waals surface area contributed by atoms with Gasteiger partial charge >= 0.3 is 6.18 Å². The average Bonchev–Trinajstić information content (AvgIpc) is 2.54. The van der Waals surface area contributed by atoms with Gasteiger partial charge in [-0.2, -0.15) is 13.2 Å². The normalized spacial score (nSPS) is 17.8. The Kier molecular flexibility index (Phi) is 6.27. The second kappa shape index (κ2) is 8.01. The standard InChI is InChI=1S/C18H25F3N2O/c1-13(10-15-4-3-5-16(11-15)18(19,20)21)17(24)23-8-6-14(7-9-23)12-22-2/h3-5,11,13-14,22H,6-10,12H2,1-2H3. The number of benzene rings is 1. The molecule has 24 heavy (non-hydrogen) atoms. The largest absolute Gasteiger partial charge is 0.416 e. The molecular weight excluding hydrogens is 317 g/mol. The third kappa shape index (κ3) is 4.97. The summed E-state index contributed by atoms with van der Waals surface area (Å²) in [5.74, 6) is 0.322. The highest BCUT2D eigenvalue weighted by Crippen LogP contribution is 2.30. The van der Waals surface area contributed by atoms with Crippen molar-refractivity contribution >= 4 is 5.91 Å². The Morgan fingerprint density at radius 3 is 2.58 bits per heavy atom. The molecule has 0 radical (unpaired) electrons. The van der Waals surface area contributed by atoms with Gasteiger partial charge in [-0.25, -0.2) is 0 Å². The first-order valence-electron chi connectivity index (χ1n) is 8.40. The van der Waals surface area contributed by atoms with Gasteiger partial charge in [0.15, 0.2) is 0 Å². The van der Waals surface area contributed by atoms with Crippen LogP contribution in [0.1, 0.15) is 30.9 Å². The number of rotatable bonds is 5. The molecule has 1 unspecified atom stereocenters. The van der Waals surface area contributed by atoms with Crippen LogP contribution in [0, 0.1) is 11.8 Å². The number of hydrogen-bond acceptors (Lipinski definition) is 2. The van der Waals surface area contributed by atoms with E-state index in [0.29, 0.717) is 17.9 Å². The average molecular weight is 342 g/mol. The number of alkyl halides is 3. The molecule has 1 aliphatic heterocycles. The lowest BCUT2D eigenvalue weighted by Crippen LogP contribution is -2.43. The Morgan fingerprint density at radius 2 is 2.00 bits per heavy atom. The Balaban J connectivity index is 1.93. The second-order valence-corrected chi connectivity index (χ2v) is 6.63. The van der Waals surface area contributed by atoms with Crippen LogP contribution in [0.5, 0.6) is 0 Å². The zero-order valence-corrected chi connectivity index (χ0v) is 14.2. The van der Waals surface area contributed by atoms with Crippen molar-refractivity contribution in [3.8, 4) is 0 Å². The molecule has 1 aromatic rings. The molecule has 1 heterocycles. The maximum atomic E-state index is 12.8. The molecule has 1 fully saturated rings. The van der Waals surface area contributed by atoms with Crippen LogP contribution >= 0.6 is 0 Å². The van der Waals surface area contributed by atoms with Crippen molar-refractivity contribution in [2.24, 2.45) is 11.8 Å². The van der Waals surface area contributed by atoms with E-state index in [1.165, 1.54) is 6.07 Å². The van der Waals surface area contributed by atoms with E-state index in [1.54, 1.807) is 13.0 Å². The maximum absolute atomic E-state index is 12.8. The molecule has 1 atom stereocenters. The van der Waals surface area contributed by atoms with Gasteiger partial charge < -0.3 is 10.2 Å². The van der Waals surface area contributed by atoms with E-state index < -0.39 is 11.7 Å².